The number of ether oxygens (including phenoxy) is 1. The maximum absolute atomic E-state index is 13.8. The molecule has 1 amide bonds. The molecule has 5 nitrogen and oxygen atoms in total. The fraction of sp³-hybridized carbons (Fsp3) is 0.286. The van der Waals surface area contributed by atoms with Crippen LogP contribution in [0.25, 0.3) is 11.0 Å². The maximum Gasteiger partial charge on any atom is 0.449 e. The number of hydrogen-bond donors (Lipinski definition) is 0. The Morgan fingerprint density at radius 3 is 2.11 bits per heavy atom. The minimum absolute atomic E-state index is 0.000659. The molecule has 8 heteroatoms. The third kappa shape index (κ3) is 3.90. The Morgan fingerprint density at radius 2 is 1.47 bits per heavy atom. The third-order valence-electron chi connectivity index (χ3n) is 7.20. The average Bonchev–Trinajstić information content (AvgIpc) is 3.26. The van der Waals surface area contributed by atoms with Gasteiger partial charge in [-0.05, 0) is 43.0 Å². The summed E-state index contributed by atoms with van der Waals surface area (Å²) in [5.74, 6) is 0.0460. The van der Waals surface area contributed by atoms with Crippen LogP contribution in [0.15, 0.2) is 72.8 Å². The Balaban J connectivity index is 1.22. The van der Waals surface area contributed by atoms with E-state index in [0.29, 0.717) is 48.5 Å². The number of imidazole rings is 1. The Labute approximate surface area is 206 Å². The van der Waals surface area contributed by atoms with Crippen LogP contribution in [-0.4, -0.2) is 33.4 Å². The quantitative estimate of drug-likeness (QED) is 0.341. The first kappa shape index (κ1) is 22.6. The molecule has 2 aliphatic rings. The molecule has 3 aromatic carbocycles. The topological polar surface area (TPSA) is 47.4 Å². The van der Waals surface area contributed by atoms with E-state index in [1.165, 1.54) is 4.57 Å². The van der Waals surface area contributed by atoms with Crippen LogP contribution in [0.4, 0.5) is 13.2 Å². The number of para-hydroxylation sites is 4. The zero-order chi connectivity index (χ0) is 24.9. The first-order valence-electron chi connectivity index (χ1n) is 12.1. The van der Waals surface area contributed by atoms with Crippen LogP contribution in [0, 0.1) is 5.92 Å². The second kappa shape index (κ2) is 8.69. The number of rotatable bonds is 3. The lowest BCUT2D eigenvalue weighted by atomic mass is 9.86. The molecule has 0 N–H and O–H groups in total. The van der Waals surface area contributed by atoms with Crippen molar-refractivity contribution in [2.24, 2.45) is 5.92 Å². The molecule has 0 aliphatic carbocycles. The monoisotopic (exact) mass is 491 g/mol. The van der Waals surface area contributed by atoms with E-state index >= 15 is 0 Å². The standard InChI is InChI=1S/C28H24F3N3O2/c29-28(30,31)27-32-21-9-3-4-10-22(21)34(27)17-18-13-15-33(16-14-18)26(35)25-19-7-1-5-11-23(19)36-24-12-6-2-8-20(24)25/h1-12,18,25H,13-17H2. The summed E-state index contributed by atoms with van der Waals surface area (Å²) in [6.07, 6.45) is -3.27. The molecule has 6 rings (SSSR count). The van der Waals surface area contributed by atoms with Crippen molar-refractivity contribution < 1.29 is 22.7 Å². The summed E-state index contributed by atoms with van der Waals surface area (Å²) in [4.78, 5) is 19.5. The fourth-order valence-corrected chi connectivity index (χ4v) is 5.43. The van der Waals surface area contributed by atoms with Gasteiger partial charge in [-0.25, -0.2) is 4.98 Å². The zero-order valence-electron chi connectivity index (χ0n) is 19.4. The van der Waals surface area contributed by atoms with Gasteiger partial charge in [0, 0.05) is 30.8 Å². The molecule has 1 saturated heterocycles. The van der Waals surface area contributed by atoms with Crippen LogP contribution in [0.2, 0.25) is 0 Å². The van der Waals surface area contributed by atoms with E-state index in [9.17, 15) is 18.0 Å². The number of fused-ring (bicyclic) bond motifs is 3. The SMILES string of the molecule is O=C(C1c2ccccc2Oc2ccccc21)N1CCC(Cn2c(C(F)(F)F)nc3ccccc32)CC1. The van der Waals surface area contributed by atoms with Gasteiger partial charge >= 0.3 is 6.18 Å². The highest BCUT2D eigenvalue weighted by Gasteiger charge is 2.39. The molecule has 36 heavy (non-hydrogen) atoms. The molecule has 0 spiro atoms. The minimum atomic E-state index is -4.53. The summed E-state index contributed by atoms with van der Waals surface area (Å²) < 4.78 is 48.4. The van der Waals surface area contributed by atoms with Crippen molar-refractivity contribution >= 4 is 16.9 Å². The van der Waals surface area contributed by atoms with Crippen LogP contribution in [0.5, 0.6) is 11.5 Å². The van der Waals surface area contributed by atoms with Crippen LogP contribution in [0.1, 0.15) is 35.7 Å². The normalized spacial score (nSPS) is 16.5. The number of hydrogen-bond acceptors (Lipinski definition) is 3. The number of carbonyl (C=O) groups excluding carboxylic acids is 1. The van der Waals surface area contributed by atoms with Crippen LogP contribution < -0.4 is 4.74 Å². The molecule has 3 heterocycles. The summed E-state index contributed by atoms with van der Waals surface area (Å²) in [5, 5.41) is 0. The number of amides is 1. The molecule has 0 bridgehead atoms. The van der Waals surface area contributed by atoms with Crippen molar-refractivity contribution in [3.63, 3.8) is 0 Å². The van der Waals surface area contributed by atoms with Crippen molar-refractivity contribution in [2.75, 3.05) is 13.1 Å². The van der Waals surface area contributed by atoms with Gasteiger partial charge in [0.15, 0.2) is 0 Å². The second-order valence-electron chi connectivity index (χ2n) is 9.41. The summed E-state index contributed by atoms with van der Waals surface area (Å²) in [6, 6.07) is 21.8. The van der Waals surface area contributed by atoms with Gasteiger partial charge in [-0.1, -0.05) is 48.5 Å². The van der Waals surface area contributed by atoms with E-state index in [1.54, 1.807) is 24.3 Å². The highest BCUT2D eigenvalue weighted by atomic mass is 19.4. The molecule has 4 aromatic rings. The number of halogens is 3. The number of carbonyl (C=O) groups is 1. The highest BCUT2D eigenvalue weighted by molar-refractivity contribution is 5.89. The smallest absolute Gasteiger partial charge is 0.449 e. The lowest BCUT2D eigenvalue weighted by Gasteiger charge is -2.36. The molecule has 1 fully saturated rings. The minimum Gasteiger partial charge on any atom is -0.457 e. The van der Waals surface area contributed by atoms with Gasteiger partial charge in [0.1, 0.15) is 11.5 Å². The maximum atomic E-state index is 13.8. The highest BCUT2D eigenvalue weighted by Crippen LogP contribution is 2.45. The van der Waals surface area contributed by atoms with Crippen molar-refractivity contribution in [1.29, 1.82) is 0 Å². The summed E-state index contributed by atoms with van der Waals surface area (Å²) in [6.45, 7) is 1.22. The Bertz CT molecular complexity index is 1390. The predicted octanol–water partition coefficient (Wildman–Crippen LogP) is 6.23. The lowest BCUT2D eigenvalue weighted by Crippen LogP contribution is -2.42. The van der Waals surface area contributed by atoms with Crippen LogP contribution in [-0.2, 0) is 17.5 Å². The van der Waals surface area contributed by atoms with E-state index in [0.717, 1.165) is 11.1 Å². The summed E-state index contributed by atoms with van der Waals surface area (Å²) in [5.41, 5.74) is 2.50. The van der Waals surface area contributed by atoms with Gasteiger partial charge in [-0.2, -0.15) is 13.2 Å². The molecule has 0 radical (unpaired) electrons. The Hall–Kier alpha value is -3.81. The van der Waals surface area contributed by atoms with Crippen LogP contribution >= 0.6 is 0 Å². The first-order chi connectivity index (χ1) is 17.4. The number of nitrogens with zero attached hydrogens (tertiary/aromatic N) is 3. The summed E-state index contributed by atoms with van der Waals surface area (Å²) >= 11 is 0. The van der Waals surface area contributed by atoms with E-state index < -0.39 is 17.9 Å². The molecule has 0 atom stereocenters. The Morgan fingerprint density at radius 1 is 0.889 bits per heavy atom. The van der Waals surface area contributed by atoms with Gasteiger partial charge < -0.3 is 14.2 Å². The van der Waals surface area contributed by atoms with Gasteiger partial charge in [0.05, 0.1) is 17.0 Å². The second-order valence-corrected chi connectivity index (χ2v) is 9.41. The molecular formula is C28H24F3N3O2. The van der Waals surface area contributed by atoms with Gasteiger partial charge in [-0.15, -0.1) is 0 Å². The average molecular weight is 492 g/mol. The van der Waals surface area contributed by atoms with E-state index in [1.807, 2.05) is 53.4 Å². The van der Waals surface area contributed by atoms with E-state index in [-0.39, 0.29) is 18.4 Å². The van der Waals surface area contributed by atoms with Crippen LogP contribution in [0.3, 0.4) is 0 Å². The molecule has 1 aromatic heterocycles. The largest absolute Gasteiger partial charge is 0.457 e. The fourth-order valence-electron chi connectivity index (χ4n) is 5.43. The first-order valence-corrected chi connectivity index (χ1v) is 12.1. The number of piperidine rings is 1. The molecule has 0 saturated carbocycles. The molecule has 184 valence electrons. The van der Waals surface area contributed by atoms with Gasteiger partial charge in [0.25, 0.3) is 0 Å². The number of benzene rings is 3. The van der Waals surface area contributed by atoms with Gasteiger partial charge in [0.2, 0.25) is 11.7 Å². The predicted molar refractivity (Wildman–Crippen MR) is 129 cm³/mol. The lowest BCUT2D eigenvalue weighted by molar-refractivity contribution is -0.147. The van der Waals surface area contributed by atoms with Crippen molar-refractivity contribution in [3.05, 3.63) is 89.7 Å². The number of alkyl halides is 3. The third-order valence-corrected chi connectivity index (χ3v) is 7.20. The van der Waals surface area contributed by atoms with Crippen molar-refractivity contribution in [2.45, 2.75) is 31.5 Å². The zero-order valence-corrected chi connectivity index (χ0v) is 19.4. The van der Waals surface area contributed by atoms with Crippen molar-refractivity contribution in [3.8, 4) is 11.5 Å². The Kier molecular flexibility index (Phi) is 5.47. The number of aromatic nitrogens is 2. The summed E-state index contributed by atoms with van der Waals surface area (Å²) in [7, 11) is 0. The van der Waals surface area contributed by atoms with E-state index in [2.05, 4.69) is 4.98 Å². The molecule has 0 unspecified atom stereocenters. The molecular weight excluding hydrogens is 467 g/mol. The van der Waals surface area contributed by atoms with E-state index in [4.69, 9.17) is 4.74 Å². The van der Waals surface area contributed by atoms with Crippen molar-refractivity contribution in [1.82, 2.24) is 14.5 Å². The van der Waals surface area contributed by atoms with Gasteiger partial charge in [-0.3, -0.25) is 4.79 Å². The number of likely N-dealkylation sites (tertiary alicyclic amines) is 1. The molecule has 2 aliphatic heterocycles.